The molecule has 0 N–H and O–H groups in total. The predicted octanol–water partition coefficient (Wildman–Crippen LogP) is 20.3. The van der Waals surface area contributed by atoms with Gasteiger partial charge in [0.05, 0.1) is 22.1 Å². The molecule has 0 aliphatic carbocycles. The van der Waals surface area contributed by atoms with Crippen molar-refractivity contribution in [2.24, 2.45) is 0 Å². The van der Waals surface area contributed by atoms with Gasteiger partial charge in [-0.2, -0.15) is 0 Å². The van der Waals surface area contributed by atoms with E-state index < -0.39 is 0 Å². The molecule has 4 heteroatoms. The lowest BCUT2D eigenvalue weighted by atomic mass is 9.85. The van der Waals surface area contributed by atoms with Crippen molar-refractivity contribution in [1.82, 2.24) is 19.1 Å². The molecule has 0 fully saturated rings. The van der Waals surface area contributed by atoms with Crippen LogP contribution in [0.5, 0.6) is 0 Å². The number of aromatic nitrogens is 4. The molecular formula is C76H44N4. The highest BCUT2D eigenvalue weighted by Crippen LogP contribution is 2.55. The Labute approximate surface area is 459 Å². The van der Waals surface area contributed by atoms with Crippen LogP contribution in [0.25, 0.3) is 175 Å². The van der Waals surface area contributed by atoms with Crippen molar-refractivity contribution in [3.8, 4) is 56.4 Å². The van der Waals surface area contributed by atoms with E-state index in [1.54, 1.807) is 0 Å². The Balaban J connectivity index is 0.972. The Morgan fingerprint density at radius 1 is 0.225 bits per heavy atom. The summed E-state index contributed by atoms with van der Waals surface area (Å²) < 4.78 is 4.59. The van der Waals surface area contributed by atoms with E-state index in [1.807, 2.05) is 0 Å². The minimum atomic E-state index is 0.914. The lowest BCUT2D eigenvalue weighted by molar-refractivity contribution is 1.10. The summed E-state index contributed by atoms with van der Waals surface area (Å²) in [6.45, 7) is 0. The molecule has 80 heavy (non-hydrogen) atoms. The standard InChI is InChI=1S/C76H44N4/c1-3-19-51(20-4-1)79-67-31-13-11-29-65(67)77-75(79)47-37-33-45(34-38-47)69-62-43-59-57-27-15-25-55-53-23-9-7-17-49(53)41-61(71(55)57)60(59)44-63(62)70(74-64-42-50-18-8-10-24-54(50)56-26-16-28-58(72(56)64)73(69)74)46-35-39-48(40-36-46)76-78-66-30-12-14-32-68(66)80(76)52-21-5-2-6-22-52/h1-44H. The van der Waals surface area contributed by atoms with Crippen molar-refractivity contribution < 1.29 is 0 Å². The van der Waals surface area contributed by atoms with Gasteiger partial charge in [-0.15, -0.1) is 0 Å². The lowest BCUT2D eigenvalue weighted by Crippen LogP contribution is -1.97. The molecule has 16 aromatic carbocycles. The molecule has 0 spiro atoms. The summed E-state index contributed by atoms with van der Waals surface area (Å²) in [4.78, 5) is 10.6. The molecule has 0 aliphatic rings. The molecule has 2 aromatic heterocycles. The van der Waals surface area contributed by atoms with E-state index in [-0.39, 0.29) is 0 Å². The van der Waals surface area contributed by atoms with E-state index in [9.17, 15) is 0 Å². The van der Waals surface area contributed by atoms with Crippen LogP contribution in [0.15, 0.2) is 267 Å². The number of benzene rings is 14. The molecule has 0 bridgehead atoms. The van der Waals surface area contributed by atoms with E-state index in [4.69, 9.17) is 9.97 Å². The normalized spacial score (nSPS) is 12.2. The summed E-state index contributed by atoms with van der Waals surface area (Å²) in [5.41, 5.74) is 13.2. The average Bonchev–Trinajstić information content (AvgIpc) is 4.29. The van der Waals surface area contributed by atoms with Gasteiger partial charge in [0.25, 0.3) is 0 Å². The first-order chi connectivity index (χ1) is 39.7. The number of nitrogens with zero attached hydrogens (tertiary/aromatic N) is 4. The fraction of sp³-hybridized carbons (Fsp3) is 0. The van der Waals surface area contributed by atoms with E-state index in [2.05, 4.69) is 276 Å². The smallest absolute Gasteiger partial charge is 0.145 e. The van der Waals surface area contributed by atoms with E-state index in [1.165, 1.54) is 108 Å². The number of hydrogen-bond donors (Lipinski definition) is 0. The van der Waals surface area contributed by atoms with Gasteiger partial charge in [0.1, 0.15) is 11.6 Å². The Morgan fingerprint density at radius 3 is 1.12 bits per heavy atom. The average molecular weight is 1010 g/mol. The quantitative estimate of drug-likeness (QED) is 0.156. The van der Waals surface area contributed by atoms with Crippen LogP contribution in [-0.4, -0.2) is 19.1 Å². The van der Waals surface area contributed by atoms with Crippen molar-refractivity contribution in [3.05, 3.63) is 267 Å². The zero-order valence-electron chi connectivity index (χ0n) is 43.2. The van der Waals surface area contributed by atoms with Gasteiger partial charge < -0.3 is 0 Å². The van der Waals surface area contributed by atoms with Gasteiger partial charge in [0, 0.05) is 22.5 Å². The third kappa shape index (κ3) is 6.04. The van der Waals surface area contributed by atoms with Crippen molar-refractivity contribution >= 4 is 119 Å². The molecule has 0 amide bonds. The van der Waals surface area contributed by atoms with Crippen LogP contribution in [0, 0.1) is 0 Å². The molecule has 0 unspecified atom stereocenters. The Bertz CT molecular complexity index is 5560. The van der Waals surface area contributed by atoms with Gasteiger partial charge in [-0.3, -0.25) is 9.13 Å². The van der Waals surface area contributed by atoms with Gasteiger partial charge in [0.15, 0.2) is 0 Å². The fourth-order valence-electron chi connectivity index (χ4n) is 14.0. The monoisotopic (exact) mass is 1010 g/mol. The second-order valence-electron chi connectivity index (χ2n) is 21.5. The largest absolute Gasteiger partial charge is 0.292 e. The summed E-state index contributed by atoms with van der Waals surface area (Å²) in [6.07, 6.45) is 0. The summed E-state index contributed by atoms with van der Waals surface area (Å²) in [5, 5.41) is 22.8. The van der Waals surface area contributed by atoms with Gasteiger partial charge >= 0.3 is 0 Å². The van der Waals surface area contributed by atoms with Crippen molar-refractivity contribution in [2.45, 2.75) is 0 Å². The Kier molecular flexibility index (Phi) is 8.91. The molecule has 0 radical (unpaired) electrons. The zero-order chi connectivity index (χ0) is 52.2. The van der Waals surface area contributed by atoms with Crippen LogP contribution >= 0.6 is 0 Å². The molecule has 2 heterocycles. The highest BCUT2D eigenvalue weighted by atomic mass is 15.1. The molecule has 368 valence electrons. The minimum absolute atomic E-state index is 0.914. The van der Waals surface area contributed by atoms with Gasteiger partial charge in [-0.05, 0) is 192 Å². The molecule has 0 saturated carbocycles. The number of imidazole rings is 2. The second-order valence-corrected chi connectivity index (χ2v) is 21.5. The first-order valence-corrected chi connectivity index (χ1v) is 27.6. The van der Waals surface area contributed by atoms with Crippen LogP contribution in [0.3, 0.4) is 0 Å². The molecule has 18 rings (SSSR count). The second kappa shape index (κ2) is 16.4. The Morgan fingerprint density at radius 2 is 0.600 bits per heavy atom. The number of fused-ring (bicyclic) bond motifs is 13. The van der Waals surface area contributed by atoms with Crippen LogP contribution < -0.4 is 0 Å². The van der Waals surface area contributed by atoms with Crippen LogP contribution in [0.2, 0.25) is 0 Å². The molecule has 0 aliphatic heterocycles. The first kappa shape index (κ1) is 43.4. The van der Waals surface area contributed by atoms with Gasteiger partial charge in [-0.25, -0.2) is 9.97 Å². The third-order valence-electron chi connectivity index (χ3n) is 17.3. The topological polar surface area (TPSA) is 35.6 Å². The molecular weight excluding hydrogens is 969 g/mol. The summed E-state index contributed by atoms with van der Waals surface area (Å²) in [7, 11) is 0. The summed E-state index contributed by atoms with van der Waals surface area (Å²) in [6, 6.07) is 98.3. The Hall–Kier alpha value is -10.7. The minimum Gasteiger partial charge on any atom is -0.292 e. The van der Waals surface area contributed by atoms with Crippen molar-refractivity contribution in [2.75, 3.05) is 0 Å². The molecule has 0 saturated heterocycles. The van der Waals surface area contributed by atoms with E-state index in [0.29, 0.717) is 0 Å². The van der Waals surface area contributed by atoms with E-state index in [0.717, 1.165) is 67.3 Å². The maximum atomic E-state index is 5.31. The van der Waals surface area contributed by atoms with Gasteiger partial charge in [0.2, 0.25) is 0 Å². The molecule has 18 aromatic rings. The lowest BCUT2D eigenvalue weighted by Gasteiger charge is -2.18. The first-order valence-electron chi connectivity index (χ1n) is 27.6. The number of hydrogen-bond acceptors (Lipinski definition) is 2. The highest BCUT2D eigenvalue weighted by Gasteiger charge is 2.27. The molecule has 4 nitrogen and oxygen atoms in total. The zero-order valence-corrected chi connectivity index (χ0v) is 43.2. The highest BCUT2D eigenvalue weighted by molar-refractivity contribution is 6.44. The van der Waals surface area contributed by atoms with Crippen molar-refractivity contribution in [1.29, 1.82) is 0 Å². The van der Waals surface area contributed by atoms with Crippen LogP contribution in [0.4, 0.5) is 0 Å². The van der Waals surface area contributed by atoms with E-state index >= 15 is 0 Å². The molecule has 0 atom stereocenters. The number of para-hydroxylation sites is 6. The SMILES string of the molecule is c1ccc(-n2c(-c3ccc(-c4c5cc6c(cc5c(-c5ccc(-c7nc8ccccc8n7-c7ccccc7)cc5)c5c7cc8ccccc8c8cccc(c45)c87)c4cc5ccccc5c5cccc6c54)cc3)nc3ccccc32)cc1. The van der Waals surface area contributed by atoms with Crippen LogP contribution in [-0.2, 0) is 0 Å². The summed E-state index contributed by atoms with van der Waals surface area (Å²) in [5.74, 6) is 1.83. The maximum Gasteiger partial charge on any atom is 0.145 e. The van der Waals surface area contributed by atoms with Gasteiger partial charge in [-0.1, -0.05) is 194 Å². The maximum absolute atomic E-state index is 5.31. The number of rotatable bonds is 6. The van der Waals surface area contributed by atoms with Crippen molar-refractivity contribution in [3.63, 3.8) is 0 Å². The summed E-state index contributed by atoms with van der Waals surface area (Å²) >= 11 is 0. The fourth-order valence-corrected chi connectivity index (χ4v) is 14.0. The van der Waals surface area contributed by atoms with Crippen LogP contribution in [0.1, 0.15) is 0 Å². The predicted molar refractivity (Wildman–Crippen MR) is 337 cm³/mol. The third-order valence-corrected chi connectivity index (χ3v) is 17.3.